The Hall–Kier alpha value is -7.22. The minimum atomic E-state index is -0.480. The zero-order chi connectivity index (χ0) is 42.7. The van der Waals surface area contributed by atoms with Crippen molar-refractivity contribution in [2.75, 3.05) is 4.90 Å². The van der Waals surface area contributed by atoms with Crippen molar-refractivity contribution in [2.45, 2.75) is 50.9 Å². The Bertz CT molecular complexity index is 3240. The smallest absolute Gasteiger partial charge is 0.0720 e. The van der Waals surface area contributed by atoms with Crippen molar-refractivity contribution >= 4 is 17.1 Å². The molecule has 1 spiro atoms. The molecule has 9 aromatic rings. The molecule has 63 heavy (non-hydrogen) atoms. The number of hydrogen-bond acceptors (Lipinski definition) is 1. The molecule has 0 aliphatic heterocycles. The highest BCUT2D eigenvalue weighted by molar-refractivity contribution is 5.92. The number of hydrogen-bond donors (Lipinski definition) is 0. The summed E-state index contributed by atoms with van der Waals surface area (Å²) in [5.41, 5.74) is 25.0. The van der Waals surface area contributed by atoms with E-state index >= 15 is 0 Å². The number of fused-ring (bicyclic) bond motifs is 12. The third-order valence-corrected chi connectivity index (χ3v) is 14.8. The highest BCUT2D eigenvalue weighted by Crippen LogP contribution is 2.63. The van der Waals surface area contributed by atoms with Crippen molar-refractivity contribution in [3.63, 3.8) is 0 Å². The van der Waals surface area contributed by atoms with E-state index in [1.165, 1.54) is 94.6 Å². The van der Waals surface area contributed by atoms with Gasteiger partial charge in [-0.3, -0.25) is 0 Å². The lowest BCUT2D eigenvalue weighted by atomic mass is 9.55. The Labute approximate surface area is 372 Å². The van der Waals surface area contributed by atoms with E-state index in [0.717, 1.165) is 17.1 Å². The number of nitrogens with zero attached hydrogens (tertiary/aromatic N) is 1. The Balaban J connectivity index is 1.05. The van der Waals surface area contributed by atoms with Crippen LogP contribution in [0.25, 0.3) is 44.5 Å². The number of rotatable bonds is 5. The van der Waals surface area contributed by atoms with Crippen molar-refractivity contribution < 1.29 is 0 Å². The Morgan fingerprint density at radius 1 is 0.286 bits per heavy atom. The van der Waals surface area contributed by atoms with Crippen molar-refractivity contribution in [1.82, 2.24) is 0 Å². The molecule has 0 heterocycles. The molecule has 0 N–H and O–H groups in total. The summed E-state index contributed by atoms with van der Waals surface area (Å²) in [5.74, 6) is 0. The summed E-state index contributed by atoms with van der Waals surface area (Å²) in [5, 5.41) is 0. The SMILES string of the molecule is Cc1cccc(-c2ccc(-c3ccc(N(c4ccc5c(c4)C(C)(C)c4ccccc4-5)c4ccc5c(c4)C4(c6ccccc6-5)c5ccccc5C(C)(C)c5ccccc54)cc3)cc2)c1. The van der Waals surface area contributed by atoms with Gasteiger partial charge in [-0.15, -0.1) is 0 Å². The van der Waals surface area contributed by atoms with Crippen LogP contribution in [-0.4, -0.2) is 0 Å². The van der Waals surface area contributed by atoms with Crippen molar-refractivity contribution in [3.8, 4) is 44.5 Å². The minimum Gasteiger partial charge on any atom is -0.310 e. The third kappa shape index (κ3) is 5.36. The average Bonchev–Trinajstić information content (AvgIpc) is 3.74. The topological polar surface area (TPSA) is 3.24 Å². The molecular weight excluding hydrogens is 759 g/mol. The van der Waals surface area contributed by atoms with E-state index in [2.05, 4.69) is 246 Å². The largest absolute Gasteiger partial charge is 0.310 e. The van der Waals surface area contributed by atoms with Crippen molar-refractivity contribution in [1.29, 1.82) is 0 Å². The summed E-state index contributed by atoms with van der Waals surface area (Å²) in [7, 11) is 0. The fourth-order valence-corrected chi connectivity index (χ4v) is 11.7. The van der Waals surface area contributed by atoms with Crippen LogP contribution in [0.4, 0.5) is 17.1 Å². The first kappa shape index (κ1) is 37.5. The summed E-state index contributed by atoms with van der Waals surface area (Å²) in [6.45, 7) is 11.7. The predicted molar refractivity (Wildman–Crippen MR) is 264 cm³/mol. The standard InChI is InChI=1S/C62H49N/c1-40-15-14-16-44(37-40)43-27-25-41(26-28-43)42-29-31-45(32-30-42)63(46-33-35-50-48-17-6-8-19-52(48)60(2,3)58(50)38-46)47-34-36-51-49-18-7-9-20-53(49)62(59(51)39-47)56-23-12-10-21-54(56)61(4,5)55-22-11-13-24-57(55)62/h6-39H,1-5H3. The molecule has 9 aromatic carbocycles. The van der Waals surface area contributed by atoms with Crippen LogP contribution in [0.3, 0.4) is 0 Å². The fourth-order valence-electron chi connectivity index (χ4n) is 11.7. The van der Waals surface area contributed by atoms with Crippen LogP contribution < -0.4 is 4.90 Å². The second-order valence-electron chi connectivity index (χ2n) is 19.0. The first-order valence-corrected chi connectivity index (χ1v) is 22.4. The average molecular weight is 808 g/mol. The van der Waals surface area contributed by atoms with Crippen LogP contribution in [0.15, 0.2) is 206 Å². The van der Waals surface area contributed by atoms with E-state index in [1.807, 2.05) is 0 Å². The van der Waals surface area contributed by atoms with Gasteiger partial charge in [0.25, 0.3) is 0 Å². The molecule has 3 aliphatic carbocycles. The lowest BCUT2D eigenvalue weighted by molar-refractivity contribution is 0.563. The summed E-state index contributed by atoms with van der Waals surface area (Å²) in [6.07, 6.45) is 0. The van der Waals surface area contributed by atoms with E-state index in [-0.39, 0.29) is 10.8 Å². The first-order chi connectivity index (χ1) is 30.7. The third-order valence-electron chi connectivity index (χ3n) is 14.8. The molecular formula is C62H49N. The second kappa shape index (κ2) is 13.6. The summed E-state index contributed by atoms with van der Waals surface area (Å²) >= 11 is 0. The van der Waals surface area contributed by atoms with E-state index < -0.39 is 5.41 Å². The van der Waals surface area contributed by atoms with Gasteiger partial charge < -0.3 is 4.90 Å². The zero-order valence-corrected chi connectivity index (χ0v) is 36.6. The zero-order valence-electron chi connectivity index (χ0n) is 36.6. The van der Waals surface area contributed by atoms with Gasteiger partial charge in [0.05, 0.1) is 5.41 Å². The van der Waals surface area contributed by atoms with Crippen LogP contribution in [0.1, 0.15) is 77.8 Å². The number of benzene rings is 9. The Morgan fingerprint density at radius 2 is 0.698 bits per heavy atom. The van der Waals surface area contributed by atoms with Crippen LogP contribution in [0.2, 0.25) is 0 Å². The molecule has 1 heteroatoms. The molecule has 3 aliphatic rings. The molecule has 0 fully saturated rings. The molecule has 1 nitrogen and oxygen atoms in total. The van der Waals surface area contributed by atoms with Gasteiger partial charge in [-0.1, -0.05) is 203 Å². The van der Waals surface area contributed by atoms with Crippen LogP contribution >= 0.6 is 0 Å². The van der Waals surface area contributed by atoms with Crippen molar-refractivity contribution in [3.05, 3.63) is 256 Å². The van der Waals surface area contributed by atoms with Gasteiger partial charge in [-0.25, -0.2) is 0 Å². The van der Waals surface area contributed by atoms with E-state index in [1.54, 1.807) is 0 Å². The highest BCUT2D eigenvalue weighted by atomic mass is 15.1. The summed E-state index contributed by atoms with van der Waals surface area (Å²) < 4.78 is 0. The van der Waals surface area contributed by atoms with E-state index in [4.69, 9.17) is 0 Å². The molecule has 0 unspecified atom stereocenters. The maximum atomic E-state index is 2.52. The highest BCUT2D eigenvalue weighted by Gasteiger charge is 2.53. The molecule has 0 amide bonds. The van der Waals surface area contributed by atoms with Crippen LogP contribution in [-0.2, 0) is 16.2 Å². The molecule has 0 radical (unpaired) electrons. The molecule has 0 aromatic heterocycles. The second-order valence-corrected chi connectivity index (χ2v) is 19.0. The maximum absolute atomic E-state index is 2.52. The van der Waals surface area contributed by atoms with Gasteiger partial charge >= 0.3 is 0 Å². The quantitative estimate of drug-likeness (QED) is 0.167. The van der Waals surface area contributed by atoms with Crippen molar-refractivity contribution in [2.24, 2.45) is 0 Å². The van der Waals surface area contributed by atoms with Gasteiger partial charge in [0, 0.05) is 27.9 Å². The fraction of sp³-hybridized carbons (Fsp3) is 0.129. The normalized spacial score (nSPS) is 15.1. The molecule has 0 bridgehead atoms. The maximum Gasteiger partial charge on any atom is 0.0720 e. The molecule has 0 atom stereocenters. The van der Waals surface area contributed by atoms with E-state index in [0.29, 0.717) is 0 Å². The molecule has 12 rings (SSSR count). The van der Waals surface area contributed by atoms with Gasteiger partial charge in [0.1, 0.15) is 0 Å². The van der Waals surface area contributed by atoms with Gasteiger partial charge in [0.2, 0.25) is 0 Å². The van der Waals surface area contributed by atoms with Gasteiger partial charge in [-0.2, -0.15) is 0 Å². The van der Waals surface area contributed by atoms with Gasteiger partial charge in [-0.05, 0) is 132 Å². The molecule has 0 saturated carbocycles. The number of anilines is 3. The van der Waals surface area contributed by atoms with E-state index in [9.17, 15) is 0 Å². The van der Waals surface area contributed by atoms with Crippen LogP contribution in [0, 0.1) is 6.92 Å². The van der Waals surface area contributed by atoms with Crippen LogP contribution in [0.5, 0.6) is 0 Å². The summed E-state index contributed by atoms with van der Waals surface area (Å²) in [6, 6.07) is 77.9. The number of aryl methyl sites for hydroxylation is 1. The molecule has 0 saturated heterocycles. The Kier molecular flexibility index (Phi) is 8.13. The predicted octanol–water partition coefficient (Wildman–Crippen LogP) is 16.1. The minimum absolute atomic E-state index is 0.131. The first-order valence-electron chi connectivity index (χ1n) is 22.4. The lowest BCUT2D eigenvalue weighted by Crippen LogP contribution is -2.40. The Morgan fingerprint density at radius 3 is 1.29 bits per heavy atom. The summed E-state index contributed by atoms with van der Waals surface area (Å²) in [4.78, 5) is 2.49. The monoisotopic (exact) mass is 807 g/mol. The van der Waals surface area contributed by atoms with Gasteiger partial charge in [0.15, 0.2) is 0 Å². The molecule has 302 valence electrons. The lowest BCUT2D eigenvalue weighted by Gasteiger charge is -2.46.